The zero-order chi connectivity index (χ0) is 19.6. The third-order valence-corrected chi connectivity index (χ3v) is 4.08. The summed E-state index contributed by atoms with van der Waals surface area (Å²) >= 11 is 5.84. The lowest BCUT2D eigenvalue weighted by Gasteiger charge is -2.12. The maximum Gasteiger partial charge on any atom is 0.416 e. The van der Waals surface area contributed by atoms with Crippen LogP contribution in [0.4, 0.5) is 13.2 Å². The van der Waals surface area contributed by atoms with Crippen molar-refractivity contribution < 1.29 is 22.7 Å². The van der Waals surface area contributed by atoms with Crippen LogP contribution >= 0.6 is 11.6 Å². The van der Waals surface area contributed by atoms with E-state index >= 15 is 0 Å². The Hall–Kier alpha value is -2.87. The number of halogens is 4. The second-order valence-corrected chi connectivity index (χ2v) is 6.11. The van der Waals surface area contributed by atoms with Crippen LogP contribution in [0.2, 0.25) is 5.02 Å². The first-order valence-electron chi connectivity index (χ1n) is 7.72. The van der Waals surface area contributed by atoms with E-state index in [0.29, 0.717) is 16.8 Å². The SMILES string of the molecule is COC(=O)c1ccc(-c2cn(Cc3cc(Cl)ccc3C(F)(F)F)nn2)cc1. The Balaban J connectivity index is 1.85. The first kappa shape index (κ1) is 18.9. The average Bonchev–Trinajstić information content (AvgIpc) is 3.08. The Bertz CT molecular complexity index is 969. The molecule has 0 amide bonds. The highest BCUT2D eigenvalue weighted by Gasteiger charge is 2.33. The molecule has 1 heterocycles. The lowest BCUT2D eigenvalue weighted by Crippen LogP contribution is -2.12. The molecular formula is C18H13ClF3N3O2. The molecule has 0 N–H and O–H groups in total. The Morgan fingerprint density at radius 2 is 1.89 bits per heavy atom. The molecule has 0 fully saturated rings. The van der Waals surface area contributed by atoms with Crippen LogP contribution < -0.4 is 0 Å². The number of hydrogen-bond donors (Lipinski definition) is 0. The van der Waals surface area contributed by atoms with Gasteiger partial charge in [0, 0.05) is 10.6 Å². The van der Waals surface area contributed by atoms with Gasteiger partial charge in [0.05, 0.1) is 31.0 Å². The lowest BCUT2D eigenvalue weighted by atomic mass is 10.1. The van der Waals surface area contributed by atoms with Gasteiger partial charge in [-0.3, -0.25) is 0 Å². The standard InChI is InChI=1S/C18H13ClF3N3O2/c1-27-17(26)12-4-2-11(3-5-12)16-10-25(24-23-16)9-13-8-14(19)6-7-15(13)18(20,21)22/h2-8,10H,9H2,1H3. The molecule has 2 aromatic carbocycles. The number of alkyl halides is 3. The molecular weight excluding hydrogens is 383 g/mol. The fourth-order valence-corrected chi connectivity index (χ4v) is 2.74. The molecule has 0 atom stereocenters. The van der Waals surface area contributed by atoms with Crippen LogP contribution in [0, 0.1) is 0 Å². The number of carbonyl (C=O) groups excluding carboxylic acids is 1. The third-order valence-electron chi connectivity index (χ3n) is 3.85. The highest BCUT2D eigenvalue weighted by Crippen LogP contribution is 2.33. The van der Waals surface area contributed by atoms with Gasteiger partial charge in [-0.05, 0) is 35.9 Å². The number of esters is 1. The predicted molar refractivity (Wildman–Crippen MR) is 92.4 cm³/mol. The van der Waals surface area contributed by atoms with Gasteiger partial charge in [-0.1, -0.05) is 28.9 Å². The molecule has 27 heavy (non-hydrogen) atoms. The quantitative estimate of drug-likeness (QED) is 0.612. The zero-order valence-corrected chi connectivity index (χ0v) is 14.8. The average molecular weight is 396 g/mol. The van der Waals surface area contributed by atoms with Gasteiger partial charge in [-0.25, -0.2) is 9.48 Å². The number of methoxy groups -OCH3 is 1. The first-order chi connectivity index (χ1) is 12.8. The van der Waals surface area contributed by atoms with E-state index in [1.165, 1.54) is 30.1 Å². The van der Waals surface area contributed by atoms with Gasteiger partial charge in [0.2, 0.25) is 0 Å². The van der Waals surface area contributed by atoms with Crippen molar-refractivity contribution in [3.05, 3.63) is 70.4 Å². The minimum atomic E-state index is -4.49. The maximum atomic E-state index is 13.2. The maximum absolute atomic E-state index is 13.2. The van der Waals surface area contributed by atoms with Crippen LogP contribution in [0.3, 0.4) is 0 Å². The van der Waals surface area contributed by atoms with E-state index in [1.807, 2.05) is 0 Å². The summed E-state index contributed by atoms with van der Waals surface area (Å²) in [4.78, 5) is 11.5. The smallest absolute Gasteiger partial charge is 0.416 e. The molecule has 9 heteroatoms. The summed E-state index contributed by atoms with van der Waals surface area (Å²) in [7, 11) is 1.28. The molecule has 140 valence electrons. The molecule has 0 spiro atoms. The topological polar surface area (TPSA) is 57.0 Å². The summed E-state index contributed by atoms with van der Waals surface area (Å²) < 4.78 is 45.4. The van der Waals surface area contributed by atoms with E-state index in [4.69, 9.17) is 11.6 Å². The molecule has 3 rings (SSSR count). The van der Waals surface area contributed by atoms with E-state index in [2.05, 4.69) is 15.0 Å². The molecule has 5 nitrogen and oxygen atoms in total. The number of hydrogen-bond acceptors (Lipinski definition) is 4. The number of aromatic nitrogens is 3. The summed E-state index contributed by atoms with van der Waals surface area (Å²) in [5.41, 5.74) is 0.722. The van der Waals surface area contributed by atoms with Gasteiger partial charge in [0.25, 0.3) is 0 Å². The zero-order valence-electron chi connectivity index (χ0n) is 14.0. The second-order valence-electron chi connectivity index (χ2n) is 5.67. The van der Waals surface area contributed by atoms with Crippen molar-refractivity contribution in [3.8, 4) is 11.3 Å². The van der Waals surface area contributed by atoms with E-state index in [9.17, 15) is 18.0 Å². The van der Waals surface area contributed by atoms with E-state index in [0.717, 1.165) is 6.07 Å². The van der Waals surface area contributed by atoms with E-state index in [1.54, 1.807) is 24.3 Å². The summed E-state index contributed by atoms with van der Waals surface area (Å²) in [6.07, 6.45) is -2.97. The van der Waals surface area contributed by atoms with Gasteiger partial charge < -0.3 is 4.74 Å². The molecule has 0 aliphatic rings. The molecule has 0 bridgehead atoms. The van der Waals surface area contributed by atoms with E-state index in [-0.39, 0.29) is 17.1 Å². The van der Waals surface area contributed by atoms with Crippen LogP contribution in [0.25, 0.3) is 11.3 Å². The van der Waals surface area contributed by atoms with Crippen LogP contribution in [0.15, 0.2) is 48.7 Å². The fourth-order valence-electron chi connectivity index (χ4n) is 2.55. The highest BCUT2D eigenvalue weighted by molar-refractivity contribution is 6.30. The monoisotopic (exact) mass is 395 g/mol. The first-order valence-corrected chi connectivity index (χ1v) is 8.10. The largest absolute Gasteiger partial charge is 0.465 e. The Labute approximate surface area is 157 Å². The summed E-state index contributed by atoms with van der Waals surface area (Å²) in [5, 5.41) is 8.06. The van der Waals surface area contributed by atoms with Crippen molar-refractivity contribution >= 4 is 17.6 Å². The van der Waals surface area contributed by atoms with Gasteiger partial charge in [-0.15, -0.1) is 5.10 Å². The number of ether oxygens (including phenoxy) is 1. The number of nitrogens with zero attached hydrogens (tertiary/aromatic N) is 3. The number of carbonyl (C=O) groups is 1. The summed E-state index contributed by atoms with van der Waals surface area (Å²) in [6.45, 7) is -0.136. The number of rotatable bonds is 4. The normalized spacial score (nSPS) is 11.4. The number of benzene rings is 2. The highest BCUT2D eigenvalue weighted by atomic mass is 35.5. The predicted octanol–water partition coefficient (Wildman–Crippen LogP) is 4.45. The van der Waals surface area contributed by atoms with Crippen molar-refractivity contribution in [1.82, 2.24) is 15.0 Å². The third kappa shape index (κ3) is 4.28. The Kier molecular flexibility index (Phi) is 5.18. The minimum absolute atomic E-state index is 0.00695. The van der Waals surface area contributed by atoms with Crippen LogP contribution in [-0.4, -0.2) is 28.1 Å². The van der Waals surface area contributed by atoms with Crippen molar-refractivity contribution in [3.63, 3.8) is 0 Å². The summed E-state index contributed by atoms with van der Waals surface area (Å²) in [5.74, 6) is -0.467. The van der Waals surface area contributed by atoms with Crippen LogP contribution in [0.1, 0.15) is 21.5 Å². The van der Waals surface area contributed by atoms with Gasteiger partial charge in [-0.2, -0.15) is 13.2 Å². The molecule has 0 saturated carbocycles. The fraction of sp³-hybridized carbons (Fsp3) is 0.167. The molecule has 0 saturated heterocycles. The molecule has 1 aromatic heterocycles. The van der Waals surface area contributed by atoms with Crippen molar-refractivity contribution in [2.75, 3.05) is 7.11 Å². The minimum Gasteiger partial charge on any atom is -0.465 e. The molecule has 3 aromatic rings. The Morgan fingerprint density at radius 3 is 2.52 bits per heavy atom. The van der Waals surface area contributed by atoms with Gasteiger partial charge >= 0.3 is 12.1 Å². The van der Waals surface area contributed by atoms with Crippen LogP contribution in [0.5, 0.6) is 0 Å². The summed E-state index contributed by atoms with van der Waals surface area (Å²) in [6, 6.07) is 9.85. The van der Waals surface area contributed by atoms with Crippen molar-refractivity contribution in [2.45, 2.75) is 12.7 Å². The van der Waals surface area contributed by atoms with E-state index < -0.39 is 17.7 Å². The van der Waals surface area contributed by atoms with Crippen molar-refractivity contribution in [1.29, 1.82) is 0 Å². The molecule has 0 aliphatic carbocycles. The van der Waals surface area contributed by atoms with Gasteiger partial charge in [0.15, 0.2) is 0 Å². The molecule has 0 unspecified atom stereocenters. The molecule has 0 radical (unpaired) electrons. The van der Waals surface area contributed by atoms with Crippen molar-refractivity contribution in [2.24, 2.45) is 0 Å². The second kappa shape index (κ2) is 7.40. The molecule has 0 aliphatic heterocycles. The van der Waals surface area contributed by atoms with Gasteiger partial charge in [0.1, 0.15) is 5.69 Å². The lowest BCUT2D eigenvalue weighted by molar-refractivity contribution is -0.138. The Morgan fingerprint density at radius 1 is 1.19 bits per heavy atom. The van der Waals surface area contributed by atoms with Crippen LogP contribution in [-0.2, 0) is 17.5 Å².